The van der Waals surface area contributed by atoms with Gasteiger partial charge in [-0.1, -0.05) is 89.7 Å². The summed E-state index contributed by atoms with van der Waals surface area (Å²) in [5.74, 6) is 0.656. The number of fused-ring (bicyclic) bond motifs is 2. The molecule has 6 rings (SSSR count). The fraction of sp³-hybridized carbons (Fsp3) is 0.194. The SMILES string of the molecule is CCOC(=O)C1=C(C)N=c2sc(=Cc3ccc(OCc4cccc5ccccc45)c(OCC)c3)c(=O)n2[C@H]1c1ccccc1Cl. The maximum atomic E-state index is 14.0. The van der Waals surface area contributed by atoms with E-state index in [2.05, 4.69) is 29.3 Å². The molecule has 228 valence electrons. The zero-order chi connectivity index (χ0) is 31.5. The Hall–Kier alpha value is -4.66. The highest BCUT2D eigenvalue weighted by atomic mass is 35.5. The van der Waals surface area contributed by atoms with Gasteiger partial charge in [0.2, 0.25) is 0 Å². The van der Waals surface area contributed by atoms with Gasteiger partial charge in [-0.05, 0) is 72.5 Å². The molecule has 4 aromatic carbocycles. The van der Waals surface area contributed by atoms with Crippen molar-refractivity contribution < 1.29 is 19.0 Å². The van der Waals surface area contributed by atoms with E-state index in [0.29, 0.717) is 50.3 Å². The third-order valence-corrected chi connectivity index (χ3v) is 8.87. The molecule has 0 aliphatic carbocycles. The van der Waals surface area contributed by atoms with Gasteiger partial charge in [-0.3, -0.25) is 9.36 Å². The molecule has 1 atom stereocenters. The van der Waals surface area contributed by atoms with E-state index in [4.69, 9.17) is 25.8 Å². The minimum absolute atomic E-state index is 0.194. The number of ether oxygens (including phenoxy) is 3. The molecule has 0 fully saturated rings. The van der Waals surface area contributed by atoms with Crippen LogP contribution >= 0.6 is 22.9 Å². The molecule has 5 aromatic rings. The monoisotopic (exact) mass is 638 g/mol. The number of allylic oxidation sites excluding steroid dienone is 1. The average molecular weight is 639 g/mol. The summed E-state index contributed by atoms with van der Waals surface area (Å²) in [4.78, 5) is 32.3. The van der Waals surface area contributed by atoms with Crippen molar-refractivity contribution in [3.63, 3.8) is 0 Å². The van der Waals surface area contributed by atoms with Crippen LogP contribution in [0.4, 0.5) is 0 Å². The number of benzene rings is 4. The number of aromatic nitrogens is 1. The lowest BCUT2D eigenvalue weighted by atomic mass is 9.96. The molecule has 0 unspecified atom stereocenters. The van der Waals surface area contributed by atoms with E-state index in [0.717, 1.165) is 21.9 Å². The largest absolute Gasteiger partial charge is 0.490 e. The zero-order valence-corrected chi connectivity index (χ0v) is 26.7. The maximum Gasteiger partial charge on any atom is 0.338 e. The van der Waals surface area contributed by atoms with Crippen molar-refractivity contribution in [3.8, 4) is 11.5 Å². The fourth-order valence-corrected chi connectivity index (χ4v) is 6.80. The van der Waals surface area contributed by atoms with Gasteiger partial charge in [-0.25, -0.2) is 9.79 Å². The molecule has 1 aliphatic heterocycles. The summed E-state index contributed by atoms with van der Waals surface area (Å²) in [6, 6.07) is 26.4. The van der Waals surface area contributed by atoms with Crippen LogP contribution in [-0.4, -0.2) is 23.8 Å². The average Bonchev–Trinajstić information content (AvgIpc) is 3.34. The van der Waals surface area contributed by atoms with Gasteiger partial charge in [-0.2, -0.15) is 0 Å². The molecule has 1 aliphatic rings. The Bertz CT molecular complexity index is 2130. The number of carbonyl (C=O) groups is 1. The first-order valence-corrected chi connectivity index (χ1v) is 15.9. The summed E-state index contributed by atoms with van der Waals surface area (Å²) in [7, 11) is 0. The van der Waals surface area contributed by atoms with E-state index in [9.17, 15) is 9.59 Å². The lowest BCUT2D eigenvalue weighted by molar-refractivity contribution is -0.139. The number of esters is 1. The number of hydrogen-bond donors (Lipinski definition) is 0. The topological polar surface area (TPSA) is 79.1 Å². The van der Waals surface area contributed by atoms with Gasteiger partial charge >= 0.3 is 5.97 Å². The van der Waals surface area contributed by atoms with E-state index in [1.54, 1.807) is 26.0 Å². The maximum absolute atomic E-state index is 14.0. The number of nitrogens with zero attached hydrogens (tertiary/aromatic N) is 2. The van der Waals surface area contributed by atoms with Gasteiger partial charge < -0.3 is 14.2 Å². The van der Waals surface area contributed by atoms with Gasteiger partial charge in [0, 0.05) is 5.02 Å². The van der Waals surface area contributed by atoms with Crippen molar-refractivity contribution in [2.24, 2.45) is 4.99 Å². The molecule has 0 spiro atoms. The number of thiazole rings is 1. The van der Waals surface area contributed by atoms with Crippen LogP contribution in [0.3, 0.4) is 0 Å². The van der Waals surface area contributed by atoms with Crippen LogP contribution in [0.1, 0.15) is 43.5 Å². The summed E-state index contributed by atoms with van der Waals surface area (Å²) >= 11 is 7.86. The molecule has 0 bridgehead atoms. The molecule has 45 heavy (non-hydrogen) atoms. The van der Waals surface area contributed by atoms with Gasteiger partial charge in [0.15, 0.2) is 16.3 Å². The van der Waals surface area contributed by atoms with Crippen LogP contribution in [0.15, 0.2) is 106 Å². The van der Waals surface area contributed by atoms with Crippen molar-refractivity contribution >= 4 is 45.8 Å². The molecule has 9 heteroatoms. The van der Waals surface area contributed by atoms with Gasteiger partial charge in [0.1, 0.15) is 12.6 Å². The molecular weight excluding hydrogens is 608 g/mol. The van der Waals surface area contributed by atoms with E-state index in [1.807, 2.05) is 61.5 Å². The number of carbonyl (C=O) groups excluding carboxylic acids is 1. The van der Waals surface area contributed by atoms with Crippen LogP contribution < -0.4 is 24.4 Å². The number of halogens is 1. The van der Waals surface area contributed by atoms with E-state index >= 15 is 0 Å². The van der Waals surface area contributed by atoms with Crippen LogP contribution in [-0.2, 0) is 16.1 Å². The zero-order valence-electron chi connectivity index (χ0n) is 25.1. The molecule has 0 saturated heterocycles. The molecular formula is C36H31ClN2O5S. The lowest BCUT2D eigenvalue weighted by Gasteiger charge is -2.25. The fourth-order valence-electron chi connectivity index (χ4n) is 5.51. The third kappa shape index (κ3) is 6.03. The van der Waals surface area contributed by atoms with Gasteiger partial charge in [0.05, 0.1) is 29.0 Å². The highest BCUT2D eigenvalue weighted by Gasteiger charge is 2.34. The van der Waals surface area contributed by atoms with Crippen molar-refractivity contribution in [1.82, 2.24) is 4.57 Å². The highest BCUT2D eigenvalue weighted by molar-refractivity contribution is 7.07. The lowest BCUT2D eigenvalue weighted by Crippen LogP contribution is -2.40. The Morgan fingerprint density at radius 3 is 2.53 bits per heavy atom. The van der Waals surface area contributed by atoms with E-state index in [1.165, 1.54) is 15.9 Å². The Morgan fingerprint density at radius 1 is 0.956 bits per heavy atom. The van der Waals surface area contributed by atoms with Crippen molar-refractivity contribution in [2.75, 3.05) is 13.2 Å². The summed E-state index contributed by atoms with van der Waals surface area (Å²) < 4.78 is 19.5. The minimum Gasteiger partial charge on any atom is -0.490 e. The Balaban J connectivity index is 1.38. The van der Waals surface area contributed by atoms with Crippen LogP contribution in [0, 0.1) is 0 Å². The Labute approximate surface area is 269 Å². The van der Waals surface area contributed by atoms with Crippen molar-refractivity contribution in [2.45, 2.75) is 33.4 Å². The molecule has 2 heterocycles. The quantitative estimate of drug-likeness (QED) is 0.170. The summed E-state index contributed by atoms with van der Waals surface area (Å²) in [5.41, 5.74) is 2.94. The first kappa shape index (κ1) is 30.4. The first-order valence-electron chi connectivity index (χ1n) is 14.7. The molecule has 0 saturated carbocycles. The first-order chi connectivity index (χ1) is 21.9. The second-order valence-electron chi connectivity index (χ2n) is 10.4. The van der Waals surface area contributed by atoms with Gasteiger partial charge in [-0.15, -0.1) is 0 Å². The summed E-state index contributed by atoms with van der Waals surface area (Å²) in [6.07, 6.45) is 1.80. The predicted molar refractivity (Wildman–Crippen MR) is 178 cm³/mol. The van der Waals surface area contributed by atoms with Crippen LogP contribution in [0.25, 0.3) is 16.8 Å². The number of rotatable bonds is 9. The normalized spacial score (nSPS) is 14.7. The van der Waals surface area contributed by atoms with Crippen LogP contribution in [0.2, 0.25) is 5.02 Å². The van der Waals surface area contributed by atoms with Crippen LogP contribution in [0.5, 0.6) is 11.5 Å². The van der Waals surface area contributed by atoms with E-state index in [-0.39, 0.29) is 17.7 Å². The standard InChI is InChI=1S/C36H31ClN2O5S/c1-4-42-30-19-23(17-18-29(30)44-21-25-13-10-12-24-11-6-7-14-26(24)25)20-31-34(40)39-33(27-15-8-9-16-28(27)37)32(35(41)43-5-2)22(3)38-36(39)45-31/h6-20,33H,4-5,21H2,1-3H3/t33-/m0/s1. The predicted octanol–water partition coefficient (Wildman–Crippen LogP) is 6.58. The van der Waals surface area contributed by atoms with Crippen molar-refractivity contribution in [3.05, 3.63) is 138 Å². The van der Waals surface area contributed by atoms with Crippen molar-refractivity contribution in [1.29, 1.82) is 0 Å². The summed E-state index contributed by atoms with van der Waals surface area (Å²) in [5, 5.41) is 2.73. The molecule has 1 aromatic heterocycles. The number of hydrogen-bond acceptors (Lipinski definition) is 7. The Kier molecular flexibility index (Phi) is 8.87. The minimum atomic E-state index is -0.778. The second-order valence-corrected chi connectivity index (χ2v) is 11.8. The van der Waals surface area contributed by atoms with Gasteiger partial charge in [0.25, 0.3) is 5.56 Å². The third-order valence-electron chi connectivity index (χ3n) is 7.55. The smallest absolute Gasteiger partial charge is 0.338 e. The molecule has 0 radical (unpaired) electrons. The van der Waals surface area contributed by atoms with E-state index < -0.39 is 12.0 Å². The Morgan fingerprint density at radius 2 is 1.73 bits per heavy atom. The molecule has 0 amide bonds. The summed E-state index contributed by atoms with van der Waals surface area (Å²) in [6.45, 7) is 6.42. The molecule has 0 N–H and O–H groups in total. The highest BCUT2D eigenvalue weighted by Crippen LogP contribution is 2.35. The second kappa shape index (κ2) is 13.1. The molecule has 7 nitrogen and oxygen atoms in total.